The van der Waals surface area contributed by atoms with Gasteiger partial charge in [0.25, 0.3) is 5.91 Å². The summed E-state index contributed by atoms with van der Waals surface area (Å²) in [6, 6.07) is 11.2. The number of hydrogen-bond acceptors (Lipinski definition) is 7. The van der Waals surface area contributed by atoms with Crippen LogP contribution in [0.25, 0.3) is 0 Å². The molecule has 1 amide bonds. The number of benzene rings is 2. The number of rotatable bonds is 9. The van der Waals surface area contributed by atoms with Gasteiger partial charge in [0.15, 0.2) is 11.5 Å². The first-order chi connectivity index (χ1) is 15.1. The molecule has 31 heavy (non-hydrogen) atoms. The Balaban J connectivity index is 1.79. The summed E-state index contributed by atoms with van der Waals surface area (Å²) >= 11 is 0. The molecule has 168 valence electrons. The molecule has 1 unspecified atom stereocenters. The van der Waals surface area contributed by atoms with E-state index in [9.17, 15) is 4.79 Å². The van der Waals surface area contributed by atoms with Crippen molar-refractivity contribution in [2.45, 2.75) is 6.04 Å². The summed E-state index contributed by atoms with van der Waals surface area (Å²) in [6.07, 6.45) is 0. The van der Waals surface area contributed by atoms with Crippen molar-refractivity contribution in [3.63, 3.8) is 0 Å². The van der Waals surface area contributed by atoms with E-state index in [4.69, 9.17) is 23.7 Å². The van der Waals surface area contributed by atoms with Gasteiger partial charge in [0, 0.05) is 25.2 Å². The minimum atomic E-state index is -0.217. The number of carbonyl (C=O) groups excluding carboxylic acids is 1. The van der Waals surface area contributed by atoms with Gasteiger partial charge in [0.2, 0.25) is 5.75 Å². The van der Waals surface area contributed by atoms with Crippen molar-refractivity contribution in [1.82, 2.24) is 10.2 Å². The molecule has 2 aromatic carbocycles. The Labute approximate surface area is 183 Å². The van der Waals surface area contributed by atoms with Gasteiger partial charge < -0.3 is 29.0 Å². The van der Waals surface area contributed by atoms with Gasteiger partial charge >= 0.3 is 0 Å². The molecule has 0 aromatic heterocycles. The first kappa shape index (κ1) is 22.7. The van der Waals surface area contributed by atoms with Crippen LogP contribution < -0.4 is 24.3 Å². The largest absolute Gasteiger partial charge is 0.497 e. The summed E-state index contributed by atoms with van der Waals surface area (Å²) < 4.78 is 26.8. The fourth-order valence-corrected chi connectivity index (χ4v) is 3.68. The maximum absolute atomic E-state index is 13.0. The van der Waals surface area contributed by atoms with Crippen molar-refractivity contribution in [3.05, 3.63) is 47.5 Å². The number of morpholine rings is 1. The highest BCUT2D eigenvalue weighted by Crippen LogP contribution is 2.38. The van der Waals surface area contributed by atoms with Crippen LogP contribution in [0.2, 0.25) is 0 Å². The molecule has 2 aromatic rings. The molecule has 0 radical (unpaired) electrons. The Morgan fingerprint density at radius 1 is 0.968 bits per heavy atom. The Bertz CT molecular complexity index is 840. The maximum Gasteiger partial charge on any atom is 0.251 e. The van der Waals surface area contributed by atoms with E-state index in [-0.39, 0.29) is 11.9 Å². The molecule has 0 bridgehead atoms. The molecule has 1 heterocycles. The van der Waals surface area contributed by atoms with E-state index in [1.165, 1.54) is 21.3 Å². The first-order valence-electron chi connectivity index (χ1n) is 10.1. The topological polar surface area (TPSA) is 78.5 Å². The summed E-state index contributed by atoms with van der Waals surface area (Å²) in [4.78, 5) is 15.3. The predicted molar refractivity (Wildman–Crippen MR) is 117 cm³/mol. The SMILES string of the molecule is COc1ccc(C(CNC(=O)c2cc(OC)c(OC)c(OC)c2)N2CCOCC2)cc1. The van der Waals surface area contributed by atoms with Crippen LogP contribution >= 0.6 is 0 Å². The molecule has 0 spiro atoms. The van der Waals surface area contributed by atoms with E-state index in [0.717, 1.165) is 24.4 Å². The van der Waals surface area contributed by atoms with E-state index in [2.05, 4.69) is 10.2 Å². The van der Waals surface area contributed by atoms with Crippen LogP contribution in [0.4, 0.5) is 0 Å². The third-order valence-electron chi connectivity index (χ3n) is 5.37. The first-order valence-corrected chi connectivity index (χ1v) is 10.1. The number of nitrogens with zero attached hydrogens (tertiary/aromatic N) is 1. The second-order valence-corrected chi connectivity index (χ2v) is 7.06. The summed E-state index contributed by atoms with van der Waals surface area (Å²) in [5.74, 6) is 1.90. The van der Waals surface area contributed by atoms with Crippen LogP contribution in [0.3, 0.4) is 0 Å². The van der Waals surface area contributed by atoms with Crippen LogP contribution in [0, 0.1) is 0 Å². The molecule has 1 fully saturated rings. The maximum atomic E-state index is 13.0. The zero-order valence-electron chi connectivity index (χ0n) is 18.5. The van der Waals surface area contributed by atoms with Crippen LogP contribution in [-0.2, 0) is 4.74 Å². The molecule has 8 heteroatoms. The molecule has 0 saturated carbocycles. The number of methoxy groups -OCH3 is 4. The Morgan fingerprint density at radius 2 is 1.58 bits per heavy atom. The lowest BCUT2D eigenvalue weighted by Gasteiger charge is -2.35. The Morgan fingerprint density at radius 3 is 2.10 bits per heavy atom. The zero-order chi connectivity index (χ0) is 22.2. The van der Waals surface area contributed by atoms with Gasteiger partial charge in [-0.25, -0.2) is 0 Å². The predicted octanol–water partition coefficient (Wildman–Crippen LogP) is 2.52. The normalized spacial score (nSPS) is 15.1. The highest BCUT2D eigenvalue weighted by Gasteiger charge is 2.24. The molecular weight excluding hydrogens is 400 g/mol. The third kappa shape index (κ3) is 5.39. The fraction of sp³-hybridized carbons (Fsp3) is 0.435. The number of carbonyl (C=O) groups is 1. The number of amides is 1. The molecule has 1 saturated heterocycles. The molecule has 1 aliphatic rings. The molecule has 1 N–H and O–H groups in total. The second-order valence-electron chi connectivity index (χ2n) is 7.06. The lowest BCUT2D eigenvalue weighted by atomic mass is 10.0. The molecular formula is C23H30N2O6. The van der Waals surface area contributed by atoms with Gasteiger partial charge in [0.05, 0.1) is 47.7 Å². The van der Waals surface area contributed by atoms with Gasteiger partial charge in [-0.1, -0.05) is 12.1 Å². The van der Waals surface area contributed by atoms with Crippen LogP contribution in [-0.4, -0.2) is 72.1 Å². The van der Waals surface area contributed by atoms with E-state index >= 15 is 0 Å². The van der Waals surface area contributed by atoms with E-state index in [1.54, 1.807) is 19.2 Å². The molecule has 1 aliphatic heterocycles. The Kier molecular flexibility index (Phi) is 7.97. The number of ether oxygens (including phenoxy) is 5. The standard InChI is InChI=1S/C23H30N2O6/c1-27-18-7-5-16(6-8-18)19(25-9-11-31-12-10-25)15-24-23(26)17-13-20(28-2)22(30-4)21(14-17)29-3/h5-8,13-14,19H,9-12,15H2,1-4H3,(H,24,26). The third-order valence-corrected chi connectivity index (χ3v) is 5.37. The Hall–Kier alpha value is -2.97. The summed E-state index contributed by atoms with van der Waals surface area (Å²) in [6.45, 7) is 3.40. The number of hydrogen-bond donors (Lipinski definition) is 1. The van der Waals surface area contributed by atoms with Gasteiger partial charge in [-0.3, -0.25) is 9.69 Å². The van der Waals surface area contributed by atoms with Crippen LogP contribution in [0.5, 0.6) is 23.0 Å². The monoisotopic (exact) mass is 430 g/mol. The summed E-state index contributed by atoms with van der Waals surface area (Å²) in [5.41, 5.74) is 1.54. The fourth-order valence-electron chi connectivity index (χ4n) is 3.68. The number of nitrogens with one attached hydrogen (secondary N) is 1. The molecule has 1 atom stereocenters. The van der Waals surface area contributed by atoms with Gasteiger partial charge in [-0.15, -0.1) is 0 Å². The average Bonchev–Trinajstić information content (AvgIpc) is 2.84. The lowest BCUT2D eigenvalue weighted by molar-refractivity contribution is 0.0162. The highest BCUT2D eigenvalue weighted by atomic mass is 16.5. The quantitative estimate of drug-likeness (QED) is 0.655. The van der Waals surface area contributed by atoms with E-state index in [0.29, 0.717) is 42.6 Å². The smallest absolute Gasteiger partial charge is 0.251 e. The summed E-state index contributed by atoms with van der Waals surface area (Å²) in [5, 5.41) is 3.06. The van der Waals surface area contributed by atoms with Crippen LogP contribution in [0.1, 0.15) is 22.0 Å². The van der Waals surface area contributed by atoms with Crippen LogP contribution in [0.15, 0.2) is 36.4 Å². The van der Waals surface area contributed by atoms with Crippen molar-refractivity contribution in [2.24, 2.45) is 0 Å². The summed E-state index contributed by atoms with van der Waals surface area (Å²) in [7, 11) is 6.22. The van der Waals surface area contributed by atoms with Crippen molar-refractivity contribution in [3.8, 4) is 23.0 Å². The van der Waals surface area contributed by atoms with Crippen molar-refractivity contribution < 1.29 is 28.5 Å². The van der Waals surface area contributed by atoms with E-state index < -0.39 is 0 Å². The van der Waals surface area contributed by atoms with Crippen molar-refractivity contribution >= 4 is 5.91 Å². The minimum Gasteiger partial charge on any atom is -0.497 e. The molecule has 8 nitrogen and oxygen atoms in total. The lowest BCUT2D eigenvalue weighted by Crippen LogP contribution is -2.43. The van der Waals surface area contributed by atoms with Gasteiger partial charge in [-0.2, -0.15) is 0 Å². The molecule has 0 aliphatic carbocycles. The minimum absolute atomic E-state index is 0.0146. The van der Waals surface area contributed by atoms with E-state index in [1.807, 2.05) is 24.3 Å². The van der Waals surface area contributed by atoms with Crippen molar-refractivity contribution in [1.29, 1.82) is 0 Å². The highest BCUT2D eigenvalue weighted by molar-refractivity contribution is 5.95. The van der Waals surface area contributed by atoms with Crippen molar-refractivity contribution in [2.75, 3.05) is 61.3 Å². The second kappa shape index (κ2) is 10.9. The van der Waals surface area contributed by atoms with Gasteiger partial charge in [-0.05, 0) is 29.8 Å². The van der Waals surface area contributed by atoms with Gasteiger partial charge in [0.1, 0.15) is 5.75 Å². The zero-order valence-corrected chi connectivity index (χ0v) is 18.5. The molecule has 3 rings (SSSR count). The average molecular weight is 431 g/mol.